The molecule has 0 aliphatic heterocycles. The van der Waals surface area contributed by atoms with Gasteiger partial charge < -0.3 is 5.32 Å². The molecule has 0 unspecified atom stereocenters. The Morgan fingerprint density at radius 1 is 1.44 bits per heavy atom. The molecule has 6 nitrogen and oxygen atoms in total. The van der Waals surface area contributed by atoms with Gasteiger partial charge >= 0.3 is 0 Å². The van der Waals surface area contributed by atoms with Crippen LogP contribution in [-0.4, -0.2) is 25.5 Å². The minimum Gasteiger partial charge on any atom is -0.346 e. The highest BCUT2D eigenvalue weighted by atomic mass is 16.1. The highest BCUT2D eigenvalue weighted by Gasteiger charge is 2.07. The monoisotopic (exact) mass is 219 g/mol. The number of carbonyl (C=O) groups is 1. The van der Waals surface area contributed by atoms with Crippen LogP contribution in [0.25, 0.3) is 0 Å². The van der Waals surface area contributed by atoms with Gasteiger partial charge in [-0.25, -0.2) is 0 Å². The number of nitrogens with one attached hydrogen (secondary N) is 1. The minimum absolute atomic E-state index is 0.130. The molecule has 2 rings (SSSR count). The third-order valence-electron chi connectivity index (χ3n) is 2.32. The molecule has 2 aromatic heterocycles. The zero-order valence-electron chi connectivity index (χ0n) is 9.21. The fourth-order valence-electron chi connectivity index (χ4n) is 1.39. The smallest absolute Gasteiger partial charge is 0.254 e. The van der Waals surface area contributed by atoms with Crippen LogP contribution in [0, 0.1) is 0 Å². The second-order valence-corrected chi connectivity index (χ2v) is 3.53. The Balaban J connectivity index is 1.96. The van der Waals surface area contributed by atoms with E-state index in [9.17, 15) is 4.79 Å². The SMILES string of the molecule is Cn1cc(C(=O)NCc2ccnn2C)cn1. The van der Waals surface area contributed by atoms with Crippen LogP contribution < -0.4 is 5.32 Å². The van der Waals surface area contributed by atoms with Gasteiger partial charge in [0.2, 0.25) is 0 Å². The van der Waals surface area contributed by atoms with Crippen LogP contribution in [0.1, 0.15) is 16.1 Å². The van der Waals surface area contributed by atoms with Gasteiger partial charge in [-0.15, -0.1) is 0 Å². The molecular formula is C10H13N5O. The van der Waals surface area contributed by atoms with E-state index in [1.54, 1.807) is 35.0 Å². The fourth-order valence-corrected chi connectivity index (χ4v) is 1.39. The summed E-state index contributed by atoms with van der Waals surface area (Å²) in [6.45, 7) is 0.463. The number of hydrogen-bond donors (Lipinski definition) is 1. The summed E-state index contributed by atoms with van der Waals surface area (Å²) in [6.07, 6.45) is 4.92. The second kappa shape index (κ2) is 4.18. The molecule has 0 saturated carbocycles. The zero-order chi connectivity index (χ0) is 11.5. The quantitative estimate of drug-likeness (QED) is 0.795. The Kier molecular flexibility index (Phi) is 2.72. The summed E-state index contributed by atoms with van der Waals surface area (Å²) < 4.78 is 3.32. The highest BCUT2D eigenvalue weighted by molar-refractivity contribution is 5.93. The van der Waals surface area contributed by atoms with Crippen LogP contribution in [0.5, 0.6) is 0 Å². The number of amides is 1. The lowest BCUT2D eigenvalue weighted by atomic mass is 10.3. The first kappa shape index (κ1) is 10.4. The molecule has 2 aromatic rings. The first-order valence-electron chi connectivity index (χ1n) is 4.90. The van der Waals surface area contributed by atoms with Gasteiger partial charge in [0, 0.05) is 26.5 Å². The zero-order valence-corrected chi connectivity index (χ0v) is 9.21. The lowest BCUT2D eigenvalue weighted by molar-refractivity contribution is 0.0950. The molecule has 0 atom stereocenters. The fraction of sp³-hybridized carbons (Fsp3) is 0.300. The Morgan fingerprint density at radius 3 is 2.81 bits per heavy atom. The van der Waals surface area contributed by atoms with Crippen molar-refractivity contribution >= 4 is 5.91 Å². The van der Waals surface area contributed by atoms with E-state index in [-0.39, 0.29) is 5.91 Å². The number of carbonyl (C=O) groups excluding carboxylic acids is 1. The van der Waals surface area contributed by atoms with Gasteiger partial charge in [-0.05, 0) is 6.07 Å². The summed E-state index contributed by atoms with van der Waals surface area (Å²) in [4.78, 5) is 11.7. The molecule has 16 heavy (non-hydrogen) atoms. The van der Waals surface area contributed by atoms with E-state index in [1.807, 2.05) is 13.1 Å². The van der Waals surface area contributed by atoms with Crippen LogP contribution in [0.4, 0.5) is 0 Å². The van der Waals surface area contributed by atoms with E-state index in [0.717, 1.165) is 5.69 Å². The maximum absolute atomic E-state index is 11.7. The second-order valence-electron chi connectivity index (χ2n) is 3.53. The minimum atomic E-state index is -0.130. The van der Waals surface area contributed by atoms with Crippen LogP contribution in [-0.2, 0) is 20.6 Å². The van der Waals surface area contributed by atoms with Gasteiger partial charge in [-0.1, -0.05) is 0 Å². The number of hydrogen-bond acceptors (Lipinski definition) is 3. The normalized spacial score (nSPS) is 10.4. The van der Waals surface area contributed by atoms with Crippen molar-refractivity contribution in [1.29, 1.82) is 0 Å². The van der Waals surface area contributed by atoms with Crippen LogP contribution in [0.15, 0.2) is 24.7 Å². The van der Waals surface area contributed by atoms with Gasteiger partial charge in [0.25, 0.3) is 5.91 Å². The van der Waals surface area contributed by atoms with Gasteiger partial charge in [-0.2, -0.15) is 10.2 Å². The maximum atomic E-state index is 11.7. The molecule has 0 aromatic carbocycles. The molecule has 0 aliphatic carbocycles. The molecular weight excluding hydrogens is 206 g/mol. The molecule has 0 fully saturated rings. The van der Waals surface area contributed by atoms with Crippen molar-refractivity contribution in [3.63, 3.8) is 0 Å². The first-order valence-corrected chi connectivity index (χ1v) is 4.90. The van der Waals surface area contributed by atoms with Crippen molar-refractivity contribution in [3.05, 3.63) is 35.9 Å². The standard InChI is InChI=1S/C10H13N5O/c1-14-7-8(5-13-14)10(16)11-6-9-3-4-12-15(9)2/h3-5,7H,6H2,1-2H3,(H,11,16). The number of rotatable bonds is 3. The topological polar surface area (TPSA) is 64.7 Å². The number of nitrogens with zero attached hydrogens (tertiary/aromatic N) is 4. The molecule has 0 saturated heterocycles. The predicted molar refractivity (Wildman–Crippen MR) is 57.6 cm³/mol. The van der Waals surface area contributed by atoms with Crippen molar-refractivity contribution in [3.8, 4) is 0 Å². The predicted octanol–water partition coefficient (Wildman–Crippen LogP) is 0.0836. The van der Waals surface area contributed by atoms with Crippen LogP contribution in [0.2, 0.25) is 0 Å². The molecule has 0 radical (unpaired) electrons. The molecule has 0 spiro atoms. The summed E-state index contributed by atoms with van der Waals surface area (Å²) >= 11 is 0. The molecule has 0 aliphatic rings. The lowest BCUT2D eigenvalue weighted by Crippen LogP contribution is -2.23. The average molecular weight is 219 g/mol. The lowest BCUT2D eigenvalue weighted by Gasteiger charge is -2.03. The summed E-state index contributed by atoms with van der Waals surface area (Å²) in [5.74, 6) is -0.130. The van der Waals surface area contributed by atoms with Crippen LogP contribution in [0.3, 0.4) is 0 Å². The van der Waals surface area contributed by atoms with Gasteiger partial charge in [0.15, 0.2) is 0 Å². The summed E-state index contributed by atoms with van der Waals surface area (Å²) in [6, 6.07) is 1.86. The van der Waals surface area contributed by atoms with Crippen molar-refractivity contribution < 1.29 is 4.79 Å². The third-order valence-corrected chi connectivity index (χ3v) is 2.32. The Labute approximate surface area is 92.9 Å². The summed E-state index contributed by atoms with van der Waals surface area (Å²) in [7, 11) is 3.61. The molecule has 0 bridgehead atoms. The van der Waals surface area contributed by atoms with Crippen molar-refractivity contribution in [2.24, 2.45) is 14.1 Å². The average Bonchev–Trinajstić information content (AvgIpc) is 2.84. The maximum Gasteiger partial charge on any atom is 0.254 e. The van der Waals surface area contributed by atoms with Gasteiger partial charge in [0.1, 0.15) is 0 Å². The van der Waals surface area contributed by atoms with E-state index >= 15 is 0 Å². The van der Waals surface area contributed by atoms with Crippen molar-refractivity contribution in [2.75, 3.05) is 0 Å². The Hall–Kier alpha value is -2.11. The number of aryl methyl sites for hydroxylation is 2. The first-order chi connectivity index (χ1) is 7.66. The summed E-state index contributed by atoms with van der Waals surface area (Å²) in [5, 5.41) is 10.8. The molecule has 1 N–H and O–H groups in total. The van der Waals surface area contributed by atoms with Crippen LogP contribution >= 0.6 is 0 Å². The van der Waals surface area contributed by atoms with E-state index < -0.39 is 0 Å². The number of aromatic nitrogens is 4. The highest BCUT2D eigenvalue weighted by Crippen LogP contribution is 1.99. The van der Waals surface area contributed by atoms with E-state index in [1.165, 1.54) is 0 Å². The molecule has 6 heteroatoms. The van der Waals surface area contributed by atoms with E-state index in [2.05, 4.69) is 15.5 Å². The summed E-state index contributed by atoms with van der Waals surface area (Å²) in [5.41, 5.74) is 1.52. The van der Waals surface area contributed by atoms with E-state index in [0.29, 0.717) is 12.1 Å². The molecule has 84 valence electrons. The molecule has 1 amide bonds. The van der Waals surface area contributed by atoms with Crippen molar-refractivity contribution in [1.82, 2.24) is 24.9 Å². The van der Waals surface area contributed by atoms with E-state index in [4.69, 9.17) is 0 Å². The Bertz CT molecular complexity index is 499. The van der Waals surface area contributed by atoms with Gasteiger partial charge in [0.05, 0.1) is 24.0 Å². The third kappa shape index (κ3) is 2.10. The molecule has 2 heterocycles. The Morgan fingerprint density at radius 2 is 2.25 bits per heavy atom. The largest absolute Gasteiger partial charge is 0.346 e. The van der Waals surface area contributed by atoms with Crippen molar-refractivity contribution in [2.45, 2.75) is 6.54 Å². The van der Waals surface area contributed by atoms with Gasteiger partial charge in [-0.3, -0.25) is 14.2 Å².